The van der Waals surface area contributed by atoms with E-state index in [0.29, 0.717) is 30.8 Å². The van der Waals surface area contributed by atoms with Gasteiger partial charge in [0.1, 0.15) is 18.2 Å². The van der Waals surface area contributed by atoms with E-state index in [-0.39, 0.29) is 50.9 Å². The minimum atomic E-state index is -1.31. The fraction of sp³-hybridized carbons (Fsp3) is 0.250. The first kappa shape index (κ1) is 20.2. The molecule has 2 unspecified atom stereocenters. The predicted molar refractivity (Wildman–Crippen MR) is 124 cm³/mol. The van der Waals surface area contributed by atoms with E-state index in [9.17, 15) is 5.11 Å². The maximum atomic E-state index is 15.2. The molecule has 8 nitrogen and oxygen atoms in total. The van der Waals surface area contributed by atoms with Gasteiger partial charge in [0.2, 0.25) is 5.88 Å². The van der Waals surface area contributed by atoms with Crippen molar-refractivity contribution < 1.29 is 21.7 Å². The fourth-order valence-corrected chi connectivity index (χ4v) is 4.05. The average molecular weight is 484 g/mol. The van der Waals surface area contributed by atoms with Gasteiger partial charge in [-0.05, 0) is 29.8 Å². The number of hydrogen-bond donors (Lipinski definition) is 2. The van der Waals surface area contributed by atoms with Crippen molar-refractivity contribution in [3.05, 3.63) is 76.4 Å². The molecular weight excluding hydrogens is 461 g/mol. The van der Waals surface area contributed by atoms with Crippen LogP contribution < -0.4 is 10.1 Å². The van der Waals surface area contributed by atoms with E-state index in [2.05, 4.69) is 25.5 Å². The van der Waals surface area contributed by atoms with Crippen LogP contribution in [0.15, 0.2) is 48.7 Å². The van der Waals surface area contributed by atoms with Crippen LogP contribution in [0.2, 0.25) is 5.02 Å². The molecule has 5 rings (SSSR count). The van der Waals surface area contributed by atoms with Crippen molar-refractivity contribution >= 4 is 22.5 Å². The van der Waals surface area contributed by atoms with Gasteiger partial charge in [0.15, 0.2) is 0 Å². The highest BCUT2D eigenvalue weighted by atomic mass is 35.5. The van der Waals surface area contributed by atoms with Crippen LogP contribution in [0.4, 0.5) is 4.39 Å². The summed E-state index contributed by atoms with van der Waals surface area (Å²) in [6.07, 6.45) is -0.435. The lowest BCUT2D eigenvalue weighted by Crippen LogP contribution is -2.33. The van der Waals surface area contributed by atoms with Crippen LogP contribution in [-0.2, 0) is 4.74 Å². The van der Waals surface area contributed by atoms with Gasteiger partial charge in [-0.25, -0.2) is 14.4 Å². The quantitative estimate of drug-likeness (QED) is 0.443. The lowest BCUT2D eigenvalue weighted by Gasteiger charge is -2.24. The van der Waals surface area contributed by atoms with E-state index in [0.717, 1.165) is 6.07 Å². The topological polar surface area (TPSA) is 102 Å². The Kier molecular flexibility index (Phi) is 5.66. The van der Waals surface area contributed by atoms with E-state index >= 15 is 4.39 Å². The van der Waals surface area contributed by atoms with Crippen molar-refractivity contribution in [2.24, 2.45) is 0 Å². The number of rotatable bonds is 5. The SMILES string of the molecule is [2H]c1c(C2CNCCO2)cc2ncnc(-c3cc(C(O)c4ccc(OC)nn4)c(Cl)cc3F)c2c1[2H]. The standard InChI is InChI=1S/C24H21ClFN5O3/c1-33-22-5-4-19(30-31-22)24(32)15-9-16(18(26)10-17(15)25)23-14-3-2-13(8-20(14)28-12-29-23)21-11-27-6-7-34-21/h2-5,8-10,12,21,24,27,32H,6-7,11H2,1H3/i2D,3D. The van der Waals surface area contributed by atoms with Crippen LogP contribution in [0.3, 0.4) is 0 Å². The zero-order valence-electron chi connectivity index (χ0n) is 20.0. The Labute approximate surface area is 202 Å². The van der Waals surface area contributed by atoms with Crippen molar-refractivity contribution in [3.8, 4) is 17.1 Å². The first-order valence-electron chi connectivity index (χ1n) is 11.5. The largest absolute Gasteiger partial charge is 0.480 e. The van der Waals surface area contributed by atoms with Crippen molar-refractivity contribution in [2.75, 3.05) is 26.8 Å². The van der Waals surface area contributed by atoms with Crippen LogP contribution in [0.25, 0.3) is 22.2 Å². The number of halogens is 2. The molecule has 2 atom stereocenters. The summed E-state index contributed by atoms with van der Waals surface area (Å²) in [5.74, 6) is -0.432. The highest BCUT2D eigenvalue weighted by Crippen LogP contribution is 2.36. The van der Waals surface area contributed by atoms with E-state index < -0.39 is 18.0 Å². The first-order valence-corrected chi connectivity index (χ1v) is 10.9. The van der Waals surface area contributed by atoms with Crippen molar-refractivity contribution in [1.82, 2.24) is 25.5 Å². The number of aliphatic hydroxyl groups excluding tert-OH is 1. The zero-order valence-corrected chi connectivity index (χ0v) is 18.8. The summed E-state index contributed by atoms with van der Waals surface area (Å²) < 4.78 is 43.2. The van der Waals surface area contributed by atoms with Crippen LogP contribution in [0.5, 0.6) is 5.88 Å². The molecule has 0 aliphatic carbocycles. The molecular formula is C24H21ClFN5O3. The Hall–Kier alpha value is -3.24. The van der Waals surface area contributed by atoms with Gasteiger partial charge in [0.05, 0.1) is 39.5 Å². The molecule has 1 aliphatic rings. The van der Waals surface area contributed by atoms with Gasteiger partial charge < -0.3 is 19.9 Å². The third kappa shape index (κ3) is 4.30. The molecule has 0 saturated carbocycles. The Morgan fingerprint density at radius 1 is 1.26 bits per heavy atom. The summed E-state index contributed by atoms with van der Waals surface area (Å²) in [6.45, 7) is 1.71. The van der Waals surface area contributed by atoms with Gasteiger partial charge in [-0.3, -0.25) is 0 Å². The van der Waals surface area contributed by atoms with Crippen molar-refractivity contribution in [3.63, 3.8) is 0 Å². The first-order chi connectivity index (χ1) is 17.4. The molecule has 1 saturated heterocycles. The summed E-state index contributed by atoms with van der Waals surface area (Å²) in [5, 5.41) is 22.1. The molecule has 1 fully saturated rings. The number of aliphatic hydroxyl groups is 1. The summed E-state index contributed by atoms with van der Waals surface area (Å²) in [6, 6.07) is 6.97. The number of hydrogen-bond acceptors (Lipinski definition) is 8. The van der Waals surface area contributed by atoms with Gasteiger partial charge in [-0.1, -0.05) is 23.7 Å². The monoisotopic (exact) mass is 483 g/mol. The maximum Gasteiger partial charge on any atom is 0.233 e. The maximum absolute atomic E-state index is 15.2. The van der Waals surface area contributed by atoms with E-state index in [1.807, 2.05) is 0 Å². The second kappa shape index (κ2) is 9.55. The lowest BCUT2D eigenvalue weighted by atomic mass is 9.98. The number of ether oxygens (including phenoxy) is 2. The molecule has 34 heavy (non-hydrogen) atoms. The smallest absolute Gasteiger partial charge is 0.233 e. The van der Waals surface area contributed by atoms with Crippen LogP contribution in [-0.4, -0.2) is 52.1 Å². The second-order valence-electron chi connectivity index (χ2n) is 7.65. The molecule has 10 heteroatoms. The zero-order chi connectivity index (χ0) is 25.4. The van der Waals surface area contributed by atoms with Gasteiger partial charge in [-0.15, -0.1) is 10.2 Å². The molecule has 2 aromatic heterocycles. The molecule has 174 valence electrons. The molecule has 0 spiro atoms. The van der Waals surface area contributed by atoms with E-state index in [1.54, 1.807) is 6.07 Å². The number of fused-ring (bicyclic) bond motifs is 1. The van der Waals surface area contributed by atoms with E-state index in [1.165, 1.54) is 31.6 Å². The minimum absolute atomic E-state index is 0.00134. The molecule has 0 amide bonds. The Morgan fingerprint density at radius 3 is 2.88 bits per heavy atom. The predicted octanol–water partition coefficient (Wildman–Crippen LogP) is 3.63. The summed E-state index contributed by atoms with van der Waals surface area (Å²) in [5.41, 5.74) is 1.37. The summed E-state index contributed by atoms with van der Waals surface area (Å²) in [7, 11) is 1.44. The van der Waals surface area contributed by atoms with Crippen molar-refractivity contribution in [1.29, 1.82) is 0 Å². The minimum Gasteiger partial charge on any atom is -0.480 e. The normalized spacial score (nSPS) is 17.8. The average Bonchev–Trinajstić information content (AvgIpc) is 2.90. The van der Waals surface area contributed by atoms with Gasteiger partial charge >= 0.3 is 0 Å². The Morgan fingerprint density at radius 2 is 2.15 bits per heavy atom. The number of methoxy groups -OCH3 is 1. The van der Waals surface area contributed by atoms with Gasteiger partial charge in [-0.2, -0.15) is 0 Å². The molecule has 0 bridgehead atoms. The number of nitrogens with zero attached hydrogens (tertiary/aromatic N) is 4. The number of morpholine rings is 1. The van der Waals surface area contributed by atoms with Crippen molar-refractivity contribution in [2.45, 2.75) is 12.2 Å². The lowest BCUT2D eigenvalue weighted by molar-refractivity contribution is 0.0278. The third-order valence-corrected chi connectivity index (χ3v) is 5.89. The molecule has 1 aliphatic heterocycles. The third-order valence-electron chi connectivity index (χ3n) is 5.56. The molecule has 2 N–H and O–H groups in total. The Balaban J connectivity index is 1.63. The van der Waals surface area contributed by atoms with Crippen LogP contribution in [0, 0.1) is 5.82 Å². The number of benzene rings is 2. The van der Waals surface area contributed by atoms with Gasteiger partial charge in [0, 0.05) is 40.7 Å². The molecule has 0 radical (unpaired) electrons. The number of nitrogens with one attached hydrogen (secondary N) is 1. The fourth-order valence-electron chi connectivity index (χ4n) is 3.79. The molecule has 3 heterocycles. The Bertz CT molecular complexity index is 1440. The molecule has 2 aromatic carbocycles. The highest BCUT2D eigenvalue weighted by Gasteiger charge is 2.22. The highest BCUT2D eigenvalue weighted by molar-refractivity contribution is 6.31. The number of aromatic nitrogens is 4. The second-order valence-corrected chi connectivity index (χ2v) is 8.06. The van der Waals surface area contributed by atoms with Crippen LogP contribution >= 0.6 is 11.6 Å². The van der Waals surface area contributed by atoms with Crippen LogP contribution in [0.1, 0.15) is 31.8 Å². The summed E-state index contributed by atoms with van der Waals surface area (Å²) >= 11 is 6.28. The molecule has 4 aromatic rings. The van der Waals surface area contributed by atoms with E-state index in [4.69, 9.17) is 23.8 Å². The van der Waals surface area contributed by atoms with Gasteiger partial charge in [0.25, 0.3) is 0 Å². The summed E-state index contributed by atoms with van der Waals surface area (Å²) in [4.78, 5) is 8.52.